The minimum absolute atomic E-state index is 0.296. The molecule has 1 N–H and O–H groups in total. The Morgan fingerprint density at radius 1 is 1.20 bits per heavy atom. The van der Waals surface area contributed by atoms with Crippen LogP contribution >= 0.6 is 39.1 Å². The smallest absolute Gasteiger partial charge is 0.128 e. The summed E-state index contributed by atoms with van der Waals surface area (Å²) >= 11 is 15.3. The molecule has 0 unspecified atom stereocenters. The van der Waals surface area contributed by atoms with Crippen molar-refractivity contribution in [1.29, 1.82) is 0 Å². The van der Waals surface area contributed by atoms with Gasteiger partial charge in [-0.3, -0.25) is 0 Å². The van der Waals surface area contributed by atoms with Crippen LogP contribution in [0.1, 0.15) is 11.1 Å². The Labute approximate surface area is 134 Å². The van der Waals surface area contributed by atoms with Crippen molar-refractivity contribution in [2.24, 2.45) is 5.16 Å². The van der Waals surface area contributed by atoms with Gasteiger partial charge in [0.25, 0.3) is 0 Å². The Hall–Kier alpha value is -1.23. The van der Waals surface area contributed by atoms with E-state index in [-0.39, 0.29) is 0 Å². The van der Waals surface area contributed by atoms with Crippen molar-refractivity contribution in [2.75, 3.05) is 0 Å². The quantitative estimate of drug-likeness (QED) is 0.457. The van der Waals surface area contributed by atoms with Crippen LogP contribution in [0.5, 0.6) is 5.75 Å². The van der Waals surface area contributed by atoms with Crippen LogP contribution in [0.4, 0.5) is 0 Å². The van der Waals surface area contributed by atoms with E-state index in [0.29, 0.717) is 28.0 Å². The molecule has 0 aromatic heterocycles. The Kier molecular flexibility index (Phi) is 5.29. The molecule has 0 spiro atoms. The second-order valence-electron chi connectivity index (χ2n) is 3.95. The number of benzene rings is 2. The van der Waals surface area contributed by atoms with Crippen LogP contribution < -0.4 is 4.74 Å². The van der Waals surface area contributed by atoms with E-state index in [2.05, 4.69) is 21.1 Å². The number of ether oxygens (including phenoxy) is 1. The second-order valence-corrected chi connectivity index (χ2v) is 5.71. The van der Waals surface area contributed by atoms with E-state index in [4.69, 9.17) is 33.1 Å². The first kappa shape index (κ1) is 15.2. The molecule has 104 valence electrons. The van der Waals surface area contributed by atoms with Crippen molar-refractivity contribution in [1.82, 2.24) is 0 Å². The molecule has 0 radical (unpaired) electrons. The van der Waals surface area contributed by atoms with Gasteiger partial charge in [0, 0.05) is 25.6 Å². The zero-order valence-electron chi connectivity index (χ0n) is 10.2. The molecule has 0 bridgehead atoms. The highest BCUT2D eigenvalue weighted by molar-refractivity contribution is 9.10. The van der Waals surface area contributed by atoms with Gasteiger partial charge >= 0.3 is 0 Å². The fourth-order valence-electron chi connectivity index (χ4n) is 1.61. The minimum atomic E-state index is 0.296. The van der Waals surface area contributed by atoms with Gasteiger partial charge in [0.05, 0.1) is 6.21 Å². The third-order valence-corrected chi connectivity index (χ3v) is 3.65. The zero-order valence-corrected chi connectivity index (χ0v) is 13.3. The van der Waals surface area contributed by atoms with E-state index >= 15 is 0 Å². The number of hydrogen-bond acceptors (Lipinski definition) is 3. The average molecular weight is 375 g/mol. The summed E-state index contributed by atoms with van der Waals surface area (Å²) in [5, 5.41) is 12.8. The van der Waals surface area contributed by atoms with Crippen LogP contribution in [0.15, 0.2) is 46.0 Å². The maximum Gasteiger partial charge on any atom is 0.128 e. The largest absolute Gasteiger partial charge is 0.488 e. The van der Waals surface area contributed by atoms with E-state index < -0.39 is 0 Å². The Morgan fingerprint density at radius 3 is 2.70 bits per heavy atom. The van der Waals surface area contributed by atoms with E-state index in [9.17, 15) is 0 Å². The van der Waals surface area contributed by atoms with E-state index in [1.54, 1.807) is 24.3 Å². The van der Waals surface area contributed by atoms with Crippen LogP contribution in [0, 0.1) is 0 Å². The third kappa shape index (κ3) is 3.88. The number of rotatable bonds is 4. The Morgan fingerprint density at radius 2 is 2.00 bits per heavy atom. The molecule has 0 amide bonds. The summed E-state index contributed by atoms with van der Waals surface area (Å²) in [6.45, 7) is 0.296. The molecular formula is C14H10BrCl2NO2. The van der Waals surface area contributed by atoms with Crippen LogP contribution in [0.2, 0.25) is 10.0 Å². The highest BCUT2D eigenvalue weighted by Gasteiger charge is 2.06. The highest BCUT2D eigenvalue weighted by atomic mass is 79.9. The van der Waals surface area contributed by atoms with Crippen LogP contribution in [-0.4, -0.2) is 11.4 Å². The van der Waals surface area contributed by atoms with Gasteiger partial charge < -0.3 is 9.94 Å². The first-order valence-electron chi connectivity index (χ1n) is 5.64. The summed E-state index contributed by atoms with van der Waals surface area (Å²) in [6.07, 6.45) is 1.31. The van der Waals surface area contributed by atoms with Crippen molar-refractivity contribution in [3.8, 4) is 5.75 Å². The lowest BCUT2D eigenvalue weighted by atomic mass is 10.2. The van der Waals surface area contributed by atoms with Crippen molar-refractivity contribution >= 4 is 45.3 Å². The van der Waals surface area contributed by atoms with Gasteiger partial charge in [-0.05, 0) is 30.3 Å². The van der Waals surface area contributed by atoms with Crippen LogP contribution in [0.3, 0.4) is 0 Å². The molecule has 0 saturated heterocycles. The van der Waals surface area contributed by atoms with Gasteiger partial charge in [-0.2, -0.15) is 0 Å². The summed E-state index contributed by atoms with van der Waals surface area (Å²) in [5.74, 6) is 0.594. The van der Waals surface area contributed by atoms with Gasteiger partial charge in [0.15, 0.2) is 0 Å². The summed E-state index contributed by atoms with van der Waals surface area (Å²) in [6, 6.07) is 10.6. The molecule has 20 heavy (non-hydrogen) atoms. The van der Waals surface area contributed by atoms with Gasteiger partial charge in [0.2, 0.25) is 0 Å². The summed E-state index contributed by atoms with van der Waals surface area (Å²) in [5.41, 5.74) is 1.48. The molecule has 0 fully saturated rings. The van der Waals surface area contributed by atoms with Crippen molar-refractivity contribution < 1.29 is 9.94 Å². The first-order valence-corrected chi connectivity index (χ1v) is 7.19. The predicted molar refractivity (Wildman–Crippen MR) is 84.3 cm³/mol. The lowest BCUT2D eigenvalue weighted by molar-refractivity contribution is 0.304. The van der Waals surface area contributed by atoms with Gasteiger partial charge in [-0.1, -0.05) is 50.4 Å². The van der Waals surface area contributed by atoms with Gasteiger partial charge in [0.1, 0.15) is 12.4 Å². The standard InChI is InChI=1S/C14H10BrCl2NO2/c15-11-2-4-14(10(5-11)7-18-19)20-8-9-1-3-12(16)6-13(9)17/h1-7,19H,8H2. The van der Waals surface area contributed by atoms with Crippen LogP contribution in [0.25, 0.3) is 0 Å². The number of oxime groups is 1. The summed E-state index contributed by atoms with van der Waals surface area (Å²) in [4.78, 5) is 0. The maximum atomic E-state index is 8.66. The Balaban J connectivity index is 2.18. The summed E-state index contributed by atoms with van der Waals surface area (Å²) in [7, 11) is 0. The van der Waals surface area contributed by atoms with Crippen molar-refractivity contribution in [2.45, 2.75) is 6.61 Å². The normalized spacial score (nSPS) is 10.9. The fourth-order valence-corrected chi connectivity index (χ4v) is 2.45. The van der Waals surface area contributed by atoms with Crippen molar-refractivity contribution in [3.05, 3.63) is 62.0 Å². The van der Waals surface area contributed by atoms with Crippen LogP contribution in [-0.2, 0) is 6.61 Å². The molecule has 6 heteroatoms. The molecule has 2 rings (SSSR count). The molecule has 2 aromatic rings. The fraction of sp³-hybridized carbons (Fsp3) is 0.0714. The predicted octanol–water partition coefficient (Wildman–Crippen LogP) is 5.14. The van der Waals surface area contributed by atoms with Gasteiger partial charge in [-0.15, -0.1) is 0 Å². The molecule has 0 aliphatic carbocycles. The monoisotopic (exact) mass is 373 g/mol. The topological polar surface area (TPSA) is 41.8 Å². The minimum Gasteiger partial charge on any atom is -0.488 e. The molecule has 0 saturated carbocycles. The molecule has 0 atom stereocenters. The van der Waals surface area contributed by atoms with E-state index in [1.165, 1.54) is 6.21 Å². The zero-order chi connectivity index (χ0) is 14.5. The van der Waals surface area contributed by atoms with E-state index in [1.807, 2.05) is 12.1 Å². The average Bonchev–Trinajstić information content (AvgIpc) is 2.40. The number of nitrogens with zero attached hydrogens (tertiary/aromatic N) is 1. The van der Waals surface area contributed by atoms with E-state index in [0.717, 1.165) is 10.0 Å². The summed E-state index contributed by atoms with van der Waals surface area (Å²) < 4.78 is 6.57. The first-order chi connectivity index (χ1) is 9.60. The SMILES string of the molecule is ON=Cc1cc(Br)ccc1OCc1ccc(Cl)cc1Cl. The second kappa shape index (κ2) is 6.97. The highest BCUT2D eigenvalue weighted by Crippen LogP contribution is 2.25. The molecule has 0 aliphatic rings. The van der Waals surface area contributed by atoms with Gasteiger partial charge in [-0.25, -0.2) is 0 Å². The maximum absolute atomic E-state index is 8.66. The van der Waals surface area contributed by atoms with Crippen molar-refractivity contribution in [3.63, 3.8) is 0 Å². The third-order valence-electron chi connectivity index (χ3n) is 2.57. The molecular weight excluding hydrogens is 365 g/mol. The molecule has 0 aliphatic heterocycles. The molecule has 0 heterocycles. The lowest BCUT2D eigenvalue weighted by Gasteiger charge is -2.10. The number of halogens is 3. The molecule has 3 nitrogen and oxygen atoms in total. The molecule has 2 aromatic carbocycles. The number of hydrogen-bond donors (Lipinski definition) is 1. The Bertz CT molecular complexity index is 647. The lowest BCUT2D eigenvalue weighted by Crippen LogP contribution is -1.99.